The number of para-hydroxylation sites is 1. The second-order valence-electron chi connectivity index (χ2n) is 6.46. The molecule has 0 atom stereocenters. The van der Waals surface area contributed by atoms with Gasteiger partial charge in [-0.2, -0.15) is 10.5 Å². The molecule has 0 aromatic heterocycles. The van der Waals surface area contributed by atoms with Crippen LogP contribution in [0.1, 0.15) is 50.7 Å². The quantitative estimate of drug-likeness (QED) is 0.798. The summed E-state index contributed by atoms with van der Waals surface area (Å²) in [6, 6.07) is 9.70. The van der Waals surface area contributed by atoms with Crippen LogP contribution in [-0.2, 0) is 4.79 Å². The maximum atomic E-state index is 12.1. The van der Waals surface area contributed by atoms with E-state index in [1.165, 1.54) is 0 Å². The van der Waals surface area contributed by atoms with Crippen LogP contribution in [0.25, 0.3) is 0 Å². The lowest BCUT2D eigenvalue weighted by Gasteiger charge is -2.34. The van der Waals surface area contributed by atoms with Crippen LogP contribution >= 0.6 is 0 Å². The Kier molecular flexibility index (Phi) is 6.83. The Morgan fingerprint density at radius 3 is 2.20 bits per heavy atom. The first-order chi connectivity index (χ1) is 12.1. The summed E-state index contributed by atoms with van der Waals surface area (Å²) in [4.78, 5) is 16.2. The lowest BCUT2D eigenvalue weighted by atomic mass is 9.91. The molecule has 5 heteroatoms. The van der Waals surface area contributed by atoms with E-state index in [4.69, 9.17) is 0 Å². The van der Waals surface area contributed by atoms with Crippen LogP contribution in [0.4, 0.5) is 5.69 Å². The summed E-state index contributed by atoms with van der Waals surface area (Å²) in [5, 5.41) is 18.7. The topological polar surface area (TPSA) is 71.1 Å². The molecule has 1 saturated heterocycles. The van der Waals surface area contributed by atoms with Gasteiger partial charge in [0.05, 0.1) is 16.8 Å². The minimum absolute atomic E-state index is 0.244. The first kappa shape index (κ1) is 18.8. The zero-order valence-corrected chi connectivity index (χ0v) is 15.2. The molecule has 1 aliphatic heterocycles. The highest BCUT2D eigenvalue weighted by Crippen LogP contribution is 2.30. The third-order valence-electron chi connectivity index (χ3n) is 5.09. The molecule has 1 heterocycles. The molecule has 1 aliphatic rings. The summed E-state index contributed by atoms with van der Waals surface area (Å²) in [6.45, 7) is 7.24. The summed E-state index contributed by atoms with van der Waals surface area (Å²) in [5.74, 6) is 0.782. The molecule has 0 radical (unpaired) electrons. The van der Waals surface area contributed by atoms with Crippen molar-refractivity contribution in [3.63, 3.8) is 0 Å². The maximum absolute atomic E-state index is 12.1. The van der Waals surface area contributed by atoms with Crippen LogP contribution in [0.15, 0.2) is 18.2 Å². The van der Waals surface area contributed by atoms with Gasteiger partial charge in [-0.25, -0.2) is 0 Å². The number of hydrogen-bond donors (Lipinski definition) is 0. The molecule has 1 fully saturated rings. The number of piperidine rings is 1. The number of anilines is 1. The van der Waals surface area contributed by atoms with Crippen molar-refractivity contribution in [3.05, 3.63) is 29.3 Å². The van der Waals surface area contributed by atoms with Gasteiger partial charge in [0.2, 0.25) is 5.91 Å². The van der Waals surface area contributed by atoms with Gasteiger partial charge in [0, 0.05) is 32.6 Å². The first-order valence-corrected chi connectivity index (χ1v) is 9.10. The number of nitriles is 2. The second-order valence-corrected chi connectivity index (χ2v) is 6.46. The normalized spacial score (nSPS) is 14.6. The van der Waals surface area contributed by atoms with E-state index in [-0.39, 0.29) is 5.91 Å². The van der Waals surface area contributed by atoms with Gasteiger partial charge in [-0.3, -0.25) is 4.79 Å². The molecule has 0 aliphatic carbocycles. The molecule has 5 nitrogen and oxygen atoms in total. The Morgan fingerprint density at radius 2 is 1.72 bits per heavy atom. The zero-order valence-electron chi connectivity index (χ0n) is 15.2. The third kappa shape index (κ3) is 4.51. The minimum atomic E-state index is 0.244. The van der Waals surface area contributed by atoms with E-state index in [9.17, 15) is 15.3 Å². The monoisotopic (exact) mass is 338 g/mol. The Balaban J connectivity index is 1.94. The summed E-state index contributed by atoms with van der Waals surface area (Å²) in [6.07, 6.45) is 3.53. The van der Waals surface area contributed by atoms with Crippen LogP contribution in [0.3, 0.4) is 0 Å². The van der Waals surface area contributed by atoms with E-state index in [2.05, 4.69) is 17.0 Å². The molecule has 2 rings (SSSR count). The SMILES string of the molecule is CCN(CC)C(=O)CCC1CCN(c2c(C#N)cccc2C#N)CC1. The number of carbonyl (C=O) groups excluding carboxylic acids is 1. The van der Waals surface area contributed by atoms with Crippen molar-refractivity contribution in [1.82, 2.24) is 4.90 Å². The zero-order chi connectivity index (χ0) is 18.2. The van der Waals surface area contributed by atoms with Gasteiger partial charge >= 0.3 is 0 Å². The molecule has 1 aromatic rings. The van der Waals surface area contributed by atoms with Crippen molar-refractivity contribution in [2.24, 2.45) is 5.92 Å². The lowest BCUT2D eigenvalue weighted by Crippen LogP contribution is -2.35. The van der Waals surface area contributed by atoms with Gasteiger partial charge in [0.25, 0.3) is 0 Å². The fourth-order valence-electron chi connectivity index (χ4n) is 3.57. The number of carbonyl (C=O) groups is 1. The minimum Gasteiger partial charge on any atom is -0.369 e. The van der Waals surface area contributed by atoms with Crippen molar-refractivity contribution >= 4 is 11.6 Å². The van der Waals surface area contributed by atoms with Crippen LogP contribution in [-0.4, -0.2) is 37.0 Å². The summed E-state index contributed by atoms with van der Waals surface area (Å²) in [5.41, 5.74) is 1.90. The van der Waals surface area contributed by atoms with Gasteiger partial charge < -0.3 is 9.80 Å². The van der Waals surface area contributed by atoms with Gasteiger partial charge in [-0.1, -0.05) is 6.07 Å². The van der Waals surface area contributed by atoms with Gasteiger partial charge in [-0.05, 0) is 51.2 Å². The molecule has 0 spiro atoms. The Labute approximate surface area is 150 Å². The second kappa shape index (κ2) is 9.08. The third-order valence-corrected chi connectivity index (χ3v) is 5.09. The predicted molar refractivity (Wildman–Crippen MR) is 98.0 cm³/mol. The van der Waals surface area contributed by atoms with Crippen molar-refractivity contribution in [3.8, 4) is 12.1 Å². The molecule has 0 N–H and O–H groups in total. The largest absolute Gasteiger partial charge is 0.369 e. The molecule has 25 heavy (non-hydrogen) atoms. The van der Waals surface area contributed by atoms with Crippen molar-refractivity contribution in [2.75, 3.05) is 31.1 Å². The Hall–Kier alpha value is -2.53. The molecule has 1 amide bonds. The van der Waals surface area contributed by atoms with E-state index < -0.39 is 0 Å². The van der Waals surface area contributed by atoms with Gasteiger partial charge in [0.1, 0.15) is 12.1 Å². The molecule has 0 bridgehead atoms. The van der Waals surface area contributed by atoms with Crippen molar-refractivity contribution < 1.29 is 4.79 Å². The average molecular weight is 338 g/mol. The number of rotatable bonds is 6. The number of hydrogen-bond acceptors (Lipinski definition) is 4. The highest BCUT2D eigenvalue weighted by Gasteiger charge is 2.24. The smallest absolute Gasteiger partial charge is 0.222 e. The number of nitrogens with zero attached hydrogens (tertiary/aromatic N) is 4. The summed E-state index contributed by atoms with van der Waals surface area (Å²) >= 11 is 0. The summed E-state index contributed by atoms with van der Waals surface area (Å²) < 4.78 is 0. The Morgan fingerprint density at radius 1 is 1.16 bits per heavy atom. The molecule has 132 valence electrons. The predicted octanol–water partition coefficient (Wildman–Crippen LogP) is 3.29. The molecule has 0 unspecified atom stereocenters. The van der Waals surface area contributed by atoms with Gasteiger partial charge in [-0.15, -0.1) is 0 Å². The number of amides is 1. The summed E-state index contributed by atoms with van der Waals surface area (Å²) in [7, 11) is 0. The molecule has 1 aromatic carbocycles. The molecular formula is C20H26N4O. The van der Waals surface area contributed by atoms with Crippen LogP contribution < -0.4 is 4.90 Å². The molecular weight excluding hydrogens is 312 g/mol. The van der Waals surface area contributed by atoms with Crippen LogP contribution in [0, 0.1) is 28.6 Å². The van der Waals surface area contributed by atoms with Crippen molar-refractivity contribution in [1.29, 1.82) is 10.5 Å². The lowest BCUT2D eigenvalue weighted by molar-refractivity contribution is -0.131. The van der Waals surface area contributed by atoms with Crippen LogP contribution in [0.5, 0.6) is 0 Å². The van der Waals surface area contributed by atoms with E-state index in [0.29, 0.717) is 23.5 Å². The fraction of sp³-hybridized carbons (Fsp3) is 0.550. The highest BCUT2D eigenvalue weighted by molar-refractivity contribution is 5.76. The van der Waals surface area contributed by atoms with E-state index in [0.717, 1.165) is 51.1 Å². The van der Waals surface area contributed by atoms with E-state index in [1.54, 1.807) is 18.2 Å². The van der Waals surface area contributed by atoms with Crippen molar-refractivity contribution in [2.45, 2.75) is 39.5 Å². The standard InChI is InChI=1S/C20H26N4O/c1-3-23(4-2)19(25)9-8-16-10-12-24(13-11-16)20-17(14-21)6-5-7-18(20)15-22/h5-7,16H,3-4,8-13H2,1-2H3. The van der Waals surface area contributed by atoms with Crippen LogP contribution in [0.2, 0.25) is 0 Å². The maximum Gasteiger partial charge on any atom is 0.222 e. The number of benzene rings is 1. The van der Waals surface area contributed by atoms with E-state index in [1.807, 2.05) is 18.7 Å². The Bertz CT molecular complexity index is 642. The highest BCUT2D eigenvalue weighted by atomic mass is 16.2. The average Bonchev–Trinajstić information content (AvgIpc) is 2.67. The molecule has 0 saturated carbocycles. The first-order valence-electron chi connectivity index (χ1n) is 9.10. The van der Waals surface area contributed by atoms with E-state index >= 15 is 0 Å². The fourth-order valence-corrected chi connectivity index (χ4v) is 3.57. The van der Waals surface area contributed by atoms with Gasteiger partial charge in [0.15, 0.2) is 0 Å².